The zero-order valence-corrected chi connectivity index (χ0v) is 14.2. The summed E-state index contributed by atoms with van der Waals surface area (Å²) in [5, 5.41) is 3.51. The number of carbonyl (C=O) groups is 1. The minimum atomic E-state index is -0.773. The van der Waals surface area contributed by atoms with Crippen LogP contribution in [-0.2, 0) is 4.79 Å². The second kappa shape index (κ2) is 8.04. The van der Waals surface area contributed by atoms with Gasteiger partial charge in [-0.15, -0.1) is 0 Å². The Morgan fingerprint density at radius 3 is 2.78 bits per heavy atom. The number of benzene rings is 1. The van der Waals surface area contributed by atoms with E-state index in [0.29, 0.717) is 34.0 Å². The van der Waals surface area contributed by atoms with Crippen molar-refractivity contribution < 1.29 is 14.3 Å². The summed E-state index contributed by atoms with van der Waals surface area (Å²) in [5.74, 6) is 0.859. The third kappa shape index (κ3) is 4.74. The number of hydrogen-bond donors (Lipinski definition) is 1. The molecule has 1 unspecified atom stereocenters. The van der Waals surface area contributed by atoms with Gasteiger partial charge >= 0.3 is 0 Å². The van der Waals surface area contributed by atoms with Crippen molar-refractivity contribution in [3.63, 3.8) is 0 Å². The van der Waals surface area contributed by atoms with Crippen molar-refractivity contribution in [2.45, 2.75) is 20.0 Å². The van der Waals surface area contributed by atoms with Gasteiger partial charge in [0.2, 0.25) is 0 Å². The summed E-state index contributed by atoms with van der Waals surface area (Å²) in [6, 6.07) is 8.26. The van der Waals surface area contributed by atoms with E-state index in [1.807, 2.05) is 6.92 Å². The van der Waals surface area contributed by atoms with E-state index in [2.05, 4.69) is 10.3 Å². The van der Waals surface area contributed by atoms with Crippen LogP contribution in [-0.4, -0.2) is 23.6 Å². The molecule has 5 nitrogen and oxygen atoms in total. The minimum Gasteiger partial charge on any atom is -0.490 e. The largest absolute Gasteiger partial charge is 0.490 e. The van der Waals surface area contributed by atoms with E-state index in [1.54, 1.807) is 43.5 Å². The number of nitrogens with one attached hydrogen (secondary N) is 1. The van der Waals surface area contributed by atoms with E-state index in [-0.39, 0.29) is 5.91 Å². The van der Waals surface area contributed by atoms with Crippen molar-refractivity contribution in [1.29, 1.82) is 0 Å². The van der Waals surface area contributed by atoms with Crippen LogP contribution in [0.1, 0.15) is 13.8 Å². The Morgan fingerprint density at radius 2 is 2.09 bits per heavy atom. The molecule has 1 aromatic carbocycles. The molecule has 23 heavy (non-hydrogen) atoms. The molecule has 1 heterocycles. The van der Waals surface area contributed by atoms with Crippen molar-refractivity contribution >= 4 is 34.9 Å². The lowest BCUT2D eigenvalue weighted by atomic mass is 10.3. The van der Waals surface area contributed by atoms with Gasteiger partial charge in [-0.1, -0.05) is 23.2 Å². The highest BCUT2D eigenvalue weighted by molar-refractivity contribution is 6.35. The molecule has 0 aliphatic carbocycles. The van der Waals surface area contributed by atoms with Crippen molar-refractivity contribution in [2.24, 2.45) is 0 Å². The van der Waals surface area contributed by atoms with E-state index in [9.17, 15) is 4.79 Å². The molecule has 1 amide bonds. The van der Waals surface area contributed by atoms with Crippen LogP contribution < -0.4 is 14.8 Å². The van der Waals surface area contributed by atoms with Gasteiger partial charge in [0.1, 0.15) is 5.75 Å². The molecule has 0 radical (unpaired) electrons. The summed E-state index contributed by atoms with van der Waals surface area (Å²) in [7, 11) is 0. The highest BCUT2D eigenvalue weighted by Gasteiger charge is 2.18. The summed E-state index contributed by atoms with van der Waals surface area (Å²) in [4.78, 5) is 16.4. The third-order valence-electron chi connectivity index (χ3n) is 2.88. The normalized spacial score (nSPS) is 11.7. The topological polar surface area (TPSA) is 60.5 Å². The summed E-state index contributed by atoms with van der Waals surface area (Å²) in [5.41, 5.74) is 0. The number of ether oxygens (including phenoxy) is 2. The van der Waals surface area contributed by atoms with Gasteiger partial charge in [-0.25, -0.2) is 4.98 Å². The lowest BCUT2D eigenvalue weighted by Crippen LogP contribution is -2.30. The molecule has 0 aliphatic rings. The van der Waals surface area contributed by atoms with Crippen LogP contribution in [0, 0.1) is 0 Å². The predicted octanol–water partition coefficient (Wildman–Crippen LogP) is 4.19. The van der Waals surface area contributed by atoms with Crippen LogP contribution in [0.5, 0.6) is 11.5 Å². The molecule has 0 bridgehead atoms. The highest BCUT2D eigenvalue weighted by Crippen LogP contribution is 2.28. The van der Waals surface area contributed by atoms with Crippen LogP contribution in [0.3, 0.4) is 0 Å². The molecular formula is C16H16Cl2N2O3. The van der Waals surface area contributed by atoms with Gasteiger partial charge in [0.15, 0.2) is 17.7 Å². The first-order chi connectivity index (χ1) is 11.0. The van der Waals surface area contributed by atoms with Crippen LogP contribution in [0.15, 0.2) is 36.5 Å². The number of amides is 1. The minimum absolute atomic E-state index is 0.338. The molecule has 2 rings (SSSR count). The first kappa shape index (κ1) is 17.4. The smallest absolute Gasteiger partial charge is 0.266 e. The predicted molar refractivity (Wildman–Crippen MR) is 90.6 cm³/mol. The first-order valence-electron chi connectivity index (χ1n) is 7.01. The Hall–Kier alpha value is -1.98. The zero-order valence-electron chi connectivity index (χ0n) is 12.7. The second-order valence-electron chi connectivity index (χ2n) is 4.61. The van der Waals surface area contributed by atoms with Gasteiger partial charge in [0.25, 0.3) is 5.91 Å². The number of rotatable bonds is 6. The van der Waals surface area contributed by atoms with Gasteiger partial charge < -0.3 is 14.8 Å². The van der Waals surface area contributed by atoms with Gasteiger partial charge in [0.05, 0.1) is 11.6 Å². The SMILES string of the molecule is CCOc1cccnc1NC(=O)C(C)Oc1ccc(Cl)cc1Cl. The second-order valence-corrected chi connectivity index (χ2v) is 5.45. The quantitative estimate of drug-likeness (QED) is 0.844. The van der Waals surface area contributed by atoms with E-state index < -0.39 is 6.10 Å². The van der Waals surface area contributed by atoms with Crippen LogP contribution in [0.25, 0.3) is 0 Å². The van der Waals surface area contributed by atoms with Gasteiger partial charge in [-0.2, -0.15) is 0 Å². The zero-order chi connectivity index (χ0) is 16.8. The lowest BCUT2D eigenvalue weighted by molar-refractivity contribution is -0.122. The Balaban J connectivity index is 2.05. The van der Waals surface area contributed by atoms with Crippen LogP contribution in [0.2, 0.25) is 10.0 Å². The van der Waals surface area contributed by atoms with Crippen molar-refractivity contribution in [1.82, 2.24) is 4.98 Å². The average Bonchev–Trinajstić information content (AvgIpc) is 2.52. The van der Waals surface area contributed by atoms with E-state index in [0.717, 1.165) is 0 Å². The molecule has 1 atom stereocenters. The molecule has 122 valence electrons. The standard InChI is InChI=1S/C16H16Cl2N2O3/c1-3-22-14-5-4-8-19-15(14)20-16(21)10(2)23-13-7-6-11(17)9-12(13)18/h4-10H,3H2,1-2H3,(H,19,20,21). The summed E-state index contributed by atoms with van der Waals surface area (Å²) >= 11 is 11.9. The average molecular weight is 355 g/mol. The Bertz CT molecular complexity index is 695. The summed E-state index contributed by atoms with van der Waals surface area (Å²) in [6.45, 7) is 3.94. The van der Waals surface area contributed by atoms with E-state index >= 15 is 0 Å². The fourth-order valence-electron chi connectivity index (χ4n) is 1.79. The lowest BCUT2D eigenvalue weighted by Gasteiger charge is -2.16. The number of hydrogen-bond acceptors (Lipinski definition) is 4. The van der Waals surface area contributed by atoms with Gasteiger partial charge in [0, 0.05) is 11.2 Å². The molecule has 1 N–H and O–H groups in total. The summed E-state index contributed by atoms with van der Waals surface area (Å²) in [6.07, 6.45) is 0.796. The third-order valence-corrected chi connectivity index (χ3v) is 3.41. The van der Waals surface area contributed by atoms with Crippen molar-refractivity contribution in [3.05, 3.63) is 46.6 Å². The summed E-state index contributed by atoms with van der Waals surface area (Å²) < 4.78 is 11.0. The fourth-order valence-corrected chi connectivity index (χ4v) is 2.24. The fraction of sp³-hybridized carbons (Fsp3) is 0.250. The Kier molecular flexibility index (Phi) is 6.07. The first-order valence-corrected chi connectivity index (χ1v) is 7.77. The maximum atomic E-state index is 12.3. The van der Waals surface area contributed by atoms with Gasteiger partial charge in [-0.3, -0.25) is 4.79 Å². The molecular weight excluding hydrogens is 339 g/mol. The molecule has 0 saturated carbocycles. The molecule has 1 aromatic heterocycles. The highest BCUT2D eigenvalue weighted by atomic mass is 35.5. The molecule has 0 fully saturated rings. The van der Waals surface area contributed by atoms with E-state index in [1.165, 1.54) is 0 Å². The van der Waals surface area contributed by atoms with Crippen molar-refractivity contribution in [3.8, 4) is 11.5 Å². The number of carbonyl (C=O) groups excluding carboxylic acids is 1. The van der Waals surface area contributed by atoms with Crippen molar-refractivity contribution in [2.75, 3.05) is 11.9 Å². The number of halogens is 2. The molecule has 0 aliphatic heterocycles. The Morgan fingerprint density at radius 1 is 1.30 bits per heavy atom. The number of aromatic nitrogens is 1. The van der Waals surface area contributed by atoms with Gasteiger partial charge in [-0.05, 0) is 44.2 Å². The molecule has 0 saturated heterocycles. The number of nitrogens with zero attached hydrogens (tertiary/aromatic N) is 1. The maximum absolute atomic E-state index is 12.3. The molecule has 0 spiro atoms. The molecule has 2 aromatic rings. The van der Waals surface area contributed by atoms with E-state index in [4.69, 9.17) is 32.7 Å². The molecule has 7 heteroatoms. The van der Waals surface area contributed by atoms with Crippen LogP contribution in [0.4, 0.5) is 5.82 Å². The Labute approximate surface area is 144 Å². The maximum Gasteiger partial charge on any atom is 0.266 e. The number of anilines is 1. The monoisotopic (exact) mass is 354 g/mol. The number of pyridine rings is 1. The van der Waals surface area contributed by atoms with Crippen LogP contribution >= 0.6 is 23.2 Å².